The zero-order chi connectivity index (χ0) is 4.99. The number of nitrogens with two attached hydrogens (primary N) is 1. The molecule has 0 atom stereocenters. The summed E-state index contributed by atoms with van der Waals surface area (Å²) in [5.41, 5.74) is 4.43. The summed E-state index contributed by atoms with van der Waals surface area (Å²) in [6, 6.07) is 0. The summed E-state index contributed by atoms with van der Waals surface area (Å²) < 4.78 is 0. The smallest absolute Gasteiger partial charge is 0.266 e. The van der Waals surface area contributed by atoms with Gasteiger partial charge in [0, 0.05) is 0 Å². The molecule has 0 aliphatic heterocycles. The summed E-state index contributed by atoms with van der Waals surface area (Å²) in [5, 5.41) is 0. The van der Waals surface area contributed by atoms with Gasteiger partial charge in [-0.05, 0) is 15.1 Å². The van der Waals surface area contributed by atoms with E-state index >= 15 is 0 Å². The monoisotopic (exact) mass is 103 g/mol. The van der Waals surface area contributed by atoms with Crippen LogP contribution in [0.2, 0.25) is 0 Å². The third kappa shape index (κ3) is 3.64. The molecule has 0 spiro atoms. The molecule has 0 rings (SSSR count). The molecule has 0 aliphatic carbocycles. The molecule has 0 bridgehead atoms. The molecule has 3 heteroatoms. The van der Waals surface area contributed by atoms with E-state index in [2.05, 4.69) is 0 Å². The Morgan fingerprint density at radius 2 is 2.50 bits per heavy atom. The van der Waals surface area contributed by atoms with Crippen molar-refractivity contribution in [2.24, 2.45) is 5.73 Å². The second-order valence-electron chi connectivity index (χ2n) is 0.726. The first-order valence-electron chi connectivity index (χ1n) is 1.55. The van der Waals surface area contributed by atoms with Crippen LogP contribution in [0.1, 0.15) is 6.92 Å². The molecule has 0 aliphatic rings. The number of hydrogen-bond donors (Lipinski definition) is 1. The van der Waals surface area contributed by atoms with E-state index in [1.807, 2.05) is 0 Å². The molecule has 6 heavy (non-hydrogen) atoms. The number of carbonyl (C=O) groups excluding carboxylic acids is 1. The van der Waals surface area contributed by atoms with E-state index in [9.17, 15) is 4.79 Å². The Labute approximate surface area is 38.1 Å². The fraction of sp³-hybridized carbons (Fsp3) is 0.333. The van der Waals surface area contributed by atoms with Crippen molar-refractivity contribution in [3.8, 4) is 0 Å². The van der Waals surface area contributed by atoms with E-state index in [0.29, 0.717) is 8.20 Å². The standard InChI is InChI=1S/C3H6NOP/c1-2-6-3(4)5/h2H,1H3,(H2,4,5). The van der Waals surface area contributed by atoms with Gasteiger partial charge in [-0.25, -0.2) is 0 Å². The van der Waals surface area contributed by atoms with E-state index in [1.54, 1.807) is 12.7 Å². The van der Waals surface area contributed by atoms with Gasteiger partial charge in [0.05, 0.1) is 0 Å². The molecule has 0 saturated heterocycles. The van der Waals surface area contributed by atoms with Gasteiger partial charge in [0.25, 0.3) is 5.65 Å². The SMILES string of the molecule is CC=PC(N)=O. The summed E-state index contributed by atoms with van der Waals surface area (Å²) >= 11 is 0. The molecular formula is C3H6NOP. The van der Waals surface area contributed by atoms with Crippen molar-refractivity contribution < 1.29 is 4.79 Å². The zero-order valence-corrected chi connectivity index (χ0v) is 4.40. The maximum absolute atomic E-state index is 9.78. The molecule has 2 nitrogen and oxygen atoms in total. The lowest BCUT2D eigenvalue weighted by molar-refractivity contribution is 0.267. The molecule has 0 heterocycles. The Morgan fingerprint density at radius 1 is 2.00 bits per heavy atom. The van der Waals surface area contributed by atoms with Crippen molar-refractivity contribution in [1.29, 1.82) is 0 Å². The van der Waals surface area contributed by atoms with E-state index in [1.165, 1.54) is 0 Å². The maximum Gasteiger partial charge on any atom is 0.266 e. The van der Waals surface area contributed by atoms with Gasteiger partial charge in [0.1, 0.15) is 0 Å². The molecule has 34 valence electrons. The van der Waals surface area contributed by atoms with Gasteiger partial charge in [-0.3, -0.25) is 4.79 Å². The van der Waals surface area contributed by atoms with Gasteiger partial charge < -0.3 is 5.73 Å². The largest absolute Gasteiger partial charge is 0.362 e. The highest BCUT2D eigenvalue weighted by Crippen LogP contribution is 1.87. The second kappa shape index (κ2) is 2.86. The third-order valence-corrected chi connectivity index (χ3v) is 0.769. The Hall–Kier alpha value is -0.360. The minimum Gasteiger partial charge on any atom is -0.362 e. The van der Waals surface area contributed by atoms with Crippen LogP contribution in [0.15, 0.2) is 0 Å². The molecule has 0 fully saturated rings. The van der Waals surface area contributed by atoms with Gasteiger partial charge in [0.15, 0.2) is 0 Å². The fourth-order valence-electron chi connectivity index (χ4n) is 0.127. The molecule has 0 saturated carbocycles. The lowest BCUT2D eigenvalue weighted by Crippen LogP contribution is -1.96. The average molecular weight is 103 g/mol. The van der Waals surface area contributed by atoms with E-state index in [0.717, 1.165) is 0 Å². The predicted molar refractivity (Wildman–Crippen MR) is 28.2 cm³/mol. The number of primary amides is 1. The summed E-state index contributed by atoms with van der Waals surface area (Å²) in [5.74, 6) is 1.70. The predicted octanol–water partition coefficient (Wildman–Crippen LogP) is 0.833. The number of amides is 1. The Morgan fingerprint density at radius 3 is 2.50 bits per heavy atom. The number of hydrogen-bond acceptors (Lipinski definition) is 1. The summed E-state index contributed by atoms with van der Waals surface area (Å²) in [7, 11) is 0.593. The van der Waals surface area contributed by atoms with Crippen LogP contribution in [-0.2, 0) is 0 Å². The molecule has 0 unspecified atom stereocenters. The van der Waals surface area contributed by atoms with Crippen molar-refractivity contribution in [3.63, 3.8) is 0 Å². The van der Waals surface area contributed by atoms with Crippen LogP contribution < -0.4 is 5.73 Å². The first kappa shape index (κ1) is 5.64. The maximum atomic E-state index is 9.78. The first-order valence-corrected chi connectivity index (χ1v) is 2.52. The Kier molecular flexibility index (Phi) is 2.68. The van der Waals surface area contributed by atoms with Crippen molar-refractivity contribution in [3.05, 3.63) is 0 Å². The van der Waals surface area contributed by atoms with Crippen LogP contribution in [-0.4, -0.2) is 11.4 Å². The fourth-order valence-corrected chi connectivity index (χ4v) is 0.382. The normalized spacial score (nSPS) is 9.50. The van der Waals surface area contributed by atoms with Crippen molar-refractivity contribution in [2.45, 2.75) is 6.92 Å². The topological polar surface area (TPSA) is 43.1 Å². The molecular weight excluding hydrogens is 97.0 g/mol. The van der Waals surface area contributed by atoms with Gasteiger partial charge in [-0.2, -0.15) is 0 Å². The lowest BCUT2D eigenvalue weighted by Gasteiger charge is -1.68. The van der Waals surface area contributed by atoms with E-state index in [-0.39, 0.29) is 5.65 Å². The van der Waals surface area contributed by atoms with Crippen molar-refractivity contribution >= 4 is 19.6 Å². The van der Waals surface area contributed by atoms with Gasteiger partial charge in [0.2, 0.25) is 0 Å². The van der Waals surface area contributed by atoms with Gasteiger partial charge in [-0.15, -0.1) is 0 Å². The van der Waals surface area contributed by atoms with Crippen LogP contribution in [0.3, 0.4) is 0 Å². The summed E-state index contributed by atoms with van der Waals surface area (Å²) in [4.78, 5) is 9.78. The number of carbonyl (C=O) groups is 1. The second-order valence-corrected chi connectivity index (χ2v) is 1.94. The van der Waals surface area contributed by atoms with Gasteiger partial charge >= 0.3 is 0 Å². The van der Waals surface area contributed by atoms with E-state index in [4.69, 9.17) is 5.73 Å². The quantitative estimate of drug-likeness (QED) is 0.491. The molecule has 0 aromatic carbocycles. The summed E-state index contributed by atoms with van der Waals surface area (Å²) in [6.45, 7) is 1.78. The van der Waals surface area contributed by atoms with Crippen LogP contribution in [0.25, 0.3) is 0 Å². The molecule has 0 aromatic rings. The van der Waals surface area contributed by atoms with Crippen LogP contribution in [0.4, 0.5) is 4.79 Å². The van der Waals surface area contributed by atoms with Crippen LogP contribution in [0.5, 0.6) is 0 Å². The van der Waals surface area contributed by atoms with Crippen LogP contribution >= 0.6 is 8.20 Å². The molecule has 1 amide bonds. The average Bonchev–Trinajstić information content (AvgIpc) is 1.35. The highest BCUT2D eigenvalue weighted by atomic mass is 31.1. The number of rotatable bonds is 1. The lowest BCUT2D eigenvalue weighted by atomic mass is 11.0. The van der Waals surface area contributed by atoms with Crippen LogP contribution in [0, 0.1) is 0 Å². The van der Waals surface area contributed by atoms with Crippen molar-refractivity contribution in [1.82, 2.24) is 0 Å². The highest BCUT2D eigenvalue weighted by Gasteiger charge is 1.74. The van der Waals surface area contributed by atoms with Gasteiger partial charge in [-0.1, -0.05) is 5.80 Å². The third-order valence-electron chi connectivity index (χ3n) is 0.256. The molecule has 0 radical (unpaired) electrons. The highest BCUT2D eigenvalue weighted by molar-refractivity contribution is 7.57. The summed E-state index contributed by atoms with van der Waals surface area (Å²) in [6.07, 6.45) is 0. The van der Waals surface area contributed by atoms with E-state index < -0.39 is 0 Å². The Balaban J connectivity index is 3.30. The minimum absolute atomic E-state index is 0.294. The first-order chi connectivity index (χ1) is 2.77. The molecule has 0 aromatic heterocycles. The van der Waals surface area contributed by atoms with Crippen molar-refractivity contribution in [2.75, 3.05) is 0 Å². The molecule has 2 N–H and O–H groups in total. The zero-order valence-electron chi connectivity index (χ0n) is 3.51. The Bertz CT molecular complexity index is 78.9. The minimum atomic E-state index is -0.294.